The summed E-state index contributed by atoms with van der Waals surface area (Å²) in [6.45, 7) is 2.42. The molecule has 5 heteroatoms. The SMILES string of the molecule is C/C(CO)=N\N.NCCCO. The first-order chi connectivity index (χ1) is 5.22. The lowest BCUT2D eigenvalue weighted by Gasteiger charge is -1.83. The summed E-state index contributed by atoms with van der Waals surface area (Å²) in [5, 5.41) is 19.3. The van der Waals surface area contributed by atoms with Crippen molar-refractivity contribution in [2.24, 2.45) is 16.7 Å². The van der Waals surface area contributed by atoms with Gasteiger partial charge in [-0.3, -0.25) is 0 Å². The van der Waals surface area contributed by atoms with Gasteiger partial charge in [0.25, 0.3) is 0 Å². The zero-order valence-corrected chi connectivity index (χ0v) is 6.82. The first-order valence-corrected chi connectivity index (χ1v) is 3.38. The molecule has 0 fully saturated rings. The molecule has 5 nitrogen and oxygen atoms in total. The van der Waals surface area contributed by atoms with E-state index in [1.807, 2.05) is 0 Å². The molecule has 0 bridgehead atoms. The topological polar surface area (TPSA) is 105 Å². The van der Waals surface area contributed by atoms with E-state index < -0.39 is 0 Å². The molecule has 0 aliphatic carbocycles. The van der Waals surface area contributed by atoms with E-state index in [4.69, 9.17) is 21.8 Å². The average molecular weight is 163 g/mol. The number of aliphatic hydroxyl groups is 2. The third kappa shape index (κ3) is 17.6. The Morgan fingerprint density at radius 1 is 1.45 bits per heavy atom. The molecule has 0 rings (SSSR count). The zero-order chi connectivity index (χ0) is 9.11. The third-order valence-electron chi connectivity index (χ3n) is 0.811. The molecule has 0 atom stereocenters. The largest absolute Gasteiger partial charge is 0.396 e. The molecule has 0 aliphatic rings. The number of nitrogens with two attached hydrogens (primary N) is 2. The number of hydrogen-bond donors (Lipinski definition) is 4. The van der Waals surface area contributed by atoms with Gasteiger partial charge in [0.1, 0.15) is 0 Å². The van der Waals surface area contributed by atoms with E-state index in [0.29, 0.717) is 12.3 Å². The second kappa shape index (κ2) is 12.1. The summed E-state index contributed by atoms with van der Waals surface area (Å²) >= 11 is 0. The Hall–Kier alpha value is -0.650. The Morgan fingerprint density at radius 2 is 2.00 bits per heavy atom. The zero-order valence-electron chi connectivity index (χ0n) is 6.82. The van der Waals surface area contributed by atoms with Crippen LogP contribution in [0.2, 0.25) is 0 Å². The molecular formula is C6H17N3O2. The van der Waals surface area contributed by atoms with Crippen LogP contribution in [-0.4, -0.2) is 35.7 Å². The number of hydrazone groups is 1. The van der Waals surface area contributed by atoms with E-state index in [0.717, 1.165) is 6.42 Å². The molecule has 0 aromatic heterocycles. The number of rotatable bonds is 3. The maximum absolute atomic E-state index is 8.12. The predicted molar refractivity (Wildman–Crippen MR) is 45.1 cm³/mol. The summed E-state index contributed by atoms with van der Waals surface area (Å²) in [5.74, 6) is 4.71. The van der Waals surface area contributed by atoms with Crippen molar-refractivity contribution >= 4 is 5.71 Å². The minimum Gasteiger partial charge on any atom is -0.396 e. The van der Waals surface area contributed by atoms with Crippen molar-refractivity contribution < 1.29 is 10.2 Å². The first-order valence-electron chi connectivity index (χ1n) is 3.38. The standard InChI is InChI=1S/C3H8N2O.C3H9NO/c1-3(2-6)5-4;4-2-1-3-5/h6H,2,4H2,1H3;5H,1-4H2/b5-3+;. The lowest BCUT2D eigenvalue weighted by Crippen LogP contribution is -2.00. The fraction of sp³-hybridized carbons (Fsp3) is 0.833. The van der Waals surface area contributed by atoms with Crippen LogP contribution in [0.25, 0.3) is 0 Å². The molecule has 0 aliphatic heterocycles. The van der Waals surface area contributed by atoms with Crippen LogP contribution < -0.4 is 11.6 Å². The average Bonchev–Trinajstić information content (AvgIpc) is 2.06. The Kier molecular flexibility index (Phi) is 14.2. The normalized spacial score (nSPS) is 10.4. The quantitative estimate of drug-likeness (QED) is 0.234. The second-order valence-electron chi connectivity index (χ2n) is 1.89. The second-order valence-corrected chi connectivity index (χ2v) is 1.89. The molecule has 11 heavy (non-hydrogen) atoms. The molecule has 0 aromatic rings. The van der Waals surface area contributed by atoms with E-state index in [1.54, 1.807) is 6.92 Å². The smallest absolute Gasteiger partial charge is 0.0828 e. The van der Waals surface area contributed by atoms with Gasteiger partial charge in [-0.1, -0.05) is 0 Å². The fourth-order valence-electron chi connectivity index (χ4n) is 0.132. The maximum atomic E-state index is 8.12. The Morgan fingerprint density at radius 3 is 2.00 bits per heavy atom. The summed E-state index contributed by atoms with van der Waals surface area (Å²) in [7, 11) is 0. The molecule has 68 valence electrons. The molecule has 0 heterocycles. The molecule has 0 unspecified atom stereocenters. The Bertz CT molecular complexity index is 93.8. The van der Waals surface area contributed by atoms with Gasteiger partial charge in [-0.25, -0.2) is 0 Å². The van der Waals surface area contributed by atoms with E-state index in [2.05, 4.69) is 5.10 Å². The van der Waals surface area contributed by atoms with Crippen molar-refractivity contribution in [3.8, 4) is 0 Å². The molecule has 0 saturated carbocycles. The number of hydrogen-bond acceptors (Lipinski definition) is 5. The van der Waals surface area contributed by atoms with Crippen LogP contribution in [0.1, 0.15) is 13.3 Å². The highest BCUT2D eigenvalue weighted by Gasteiger charge is 1.77. The van der Waals surface area contributed by atoms with Gasteiger partial charge < -0.3 is 21.8 Å². The van der Waals surface area contributed by atoms with Crippen LogP contribution in [0.5, 0.6) is 0 Å². The molecule has 0 aromatic carbocycles. The van der Waals surface area contributed by atoms with Gasteiger partial charge in [0.2, 0.25) is 0 Å². The van der Waals surface area contributed by atoms with Crippen molar-refractivity contribution in [1.29, 1.82) is 0 Å². The Labute approximate surface area is 66.7 Å². The fourth-order valence-corrected chi connectivity index (χ4v) is 0.132. The van der Waals surface area contributed by atoms with Gasteiger partial charge in [0.05, 0.1) is 12.3 Å². The number of nitrogens with zero attached hydrogens (tertiary/aromatic N) is 1. The van der Waals surface area contributed by atoms with Crippen molar-refractivity contribution in [2.75, 3.05) is 19.8 Å². The van der Waals surface area contributed by atoms with Crippen LogP contribution >= 0.6 is 0 Å². The lowest BCUT2D eigenvalue weighted by atomic mass is 10.5. The van der Waals surface area contributed by atoms with E-state index in [-0.39, 0.29) is 13.2 Å². The van der Waals surface area contributed by atoms with E-state index >= 15 is 0 Å². The minimum absolute atomic E-state index is 0.0451. The van der Waals surface area contributed by atoms with Crippen molar-refractivity contribution in [3.63, 3.8) is 0 Å². The highest BCUT2D eigenvalue weighted by Crippen LogP contribution is 1.63. The first kappa shape index (κ1) is 13.0. The minimum atomic E-state index is -0.0451. The van der Waals surface area contributed by atoms with Crippen molar-refractivity contribution in [1.82, 2.24) is 0 Å². The van der Waals surface area contributed by atoms with Crippen LogP contribution in [0.15, 0.2) is 5.10 Å². The molecule has 0 amide bonds. The highest BCUT2D eigenvalue weighted by atomic mass is 16.3. The van der Waals surface area contributed by atoms with Crippen LogP contribution in [0, 0.1) is 0 Å². The van der Waals surface area contributed by atoms with Gasteiger partial charge in [0, 0.05) is 6.61 Å². The van der Waals surface area contributed by atoms with Crippen LogP contribution in [-0.2, 0) is 0 Å². The van der Waals surface area contributed by atoms with E-state index in [1.165, 1.54) is 0 Å². The molecule has 6 N–H and O–H groups in total. The van der Waals surface area contributed by atoms with Crippen molar-refractivity contribution in [3.05, 3.63) is 0 Å². The summed E-state index contributed by atoms with van der Waals surface area (Å²) < 4.78 is 0. The van der Waals surface area contributed by atoms with Gasteiger partial charge in [-0.05, 0) is 19.9 Å². The van der Waals surface area contributed by atoms with Gasteiger partial charge in [-0.15, -0.1) is 0 Å². The third-order valence-corrected chi connectivity index (χ3v) is 0.811. The molecule has 0 radical (unpaired) electrons. The number of aliphatic hydroxyl groups excluding tert-OH is 2. The van der Waals surface area contributed by atoms with Crippen LogP contribution in [0.3, 0.4) is 0 Å². The lowest BCUT2D eigenvalue weighted by molar-refractivity contribution is 0.291. The summed E-state index contributed by atoms with van der Waals surface area (Å²) in [5.41, 5.74) is 5.53. The molecule has 0 saturated heterocycles. The van der Waals surface area contributed by atoms with Gasteiger partial charge >= 0.3 is 0 Å². The molecule has 0 spiro atoms. The monoisotopic (exact) mass is 163 g/mol. The van der Waals surface area contributed by atoms with Gasteiger partial charge in [-0.2, -0.15) is 5.10 Å². The highest BCUT2D eigenvalue weighted by molar-refractivity contribution is 5.82. The predicted octanol–water partition coefficient (Wildman–Crippen LogP) is -1.36. The molecular weight excluding hydrogens is 146 g/mol. The maximum Gasteiger partial charge on any atom is 0.0828 e. The van der Waals surface area contributed by atoms with Gasteiger partial charge in [0.15, 0.2) is 0 Å². The Balaban J connectivity index is 0. The summed E-state index contributed by atoms with van der Waals surface area (Å²) in [6.07, 6.45) is 0.722. The van der Waals surface area contributed by atoms with Crippen molar-refractivity contribution in [2.45, 2.75) is 13.3 Å². The summed E-state index contributed by atoms with van der Waals surface area (Å²) in [4.78, 5) is 0. The van der Waals surface area contributed by atoms with E-state index in [9.17, 15) is 0 Å². The van der Waals surface area contributed by atoms with Crippen LogP contribution in [0.4, 0.5) is 0 Å². The summed E-state index contributed by atoms with van der Waals surface area (Å²) in [6, 6.07) is 0.